The van der Waals surface area contributed by atoms with Gasteiger partial charge in [-0.2, -0.15) is 0 Å². The third kappa shape index (κ3) is 3.02. The van der Waals surface area contributed by atoms with Gasteiger partial charge in [0.05, 0.1) is 13.5 Å². The van der Waals surface area contributed by atoms with Gasteiger partial charge in [0.2, 0.25) is 0 Å². The first kappa shape index (κ1) is 13.1. The van der Waals surface area contributed by atoms with Crippen LogP contribution in [0.5, 0.6) is 0 Å². The number of carbonyl (C=O) groups is 1. The van der Waals surface area contributed by atoms with Crippen LogP contribution in [0.4, 0.5) is 8.78 Å². The molecule has 0 aliphatic carbocycles. The van der Waals surface area contributed by atoms with E-state index in [1.807, 2.05) is 0 Å². The van der Waals surface area contributed by atoms with E-state index in [1.54, 1.807) is 0 Å². The second kappa shape index (κ2) is 5.41. The number of hydrogen-bond donors (Lipinski definition) is 0. The molecule has 0 fully saturated rings. The largest absolute Gasteiger partial charge is 0.469 e. The number of hydrogen-bond acceptors (Lipinski definition) is 3. The molecule has 1 rings (SSSR count). The molecule has 0 spiro atoms. The summed E-state index contributed by atoms with van der Waals surface area (Å²) in [5.41, 5.74) is -0.657. The molecule has 0 aromatic carbocycles. The van der Waals surface area contributed by atoms with E-state index in [0.29, 0.717) is 0 Å². The zero-order chi connectivity index (χ0) is 12.3. The first-order valence-corrected chi connectivity index (χ1v) is 4.91. The summed E-state index contributed by atoms with van der Waals surface area (Å²) in [5, 5.41) is -0.172. The highest BCUT2D eigenvalue weighted by molar-refractivity contribution is 6.34. The van der Waals surface area contributed by atoms with Gasteiger partial charge in [-0.05, 0) is 6.07 Å². The van der Waals surface area contributed by atoms with Crippen LogP contribution in [0.1, 0.15) is 17.7 Å². The number of ether oxygens (including phenoxy) is 1. The Hall–Kier alpha value is -0.940. The Bertz CT molecular complexity index is 413. The molecule has 1 aromatic heterocycles. The van der Waals surface area contributed by atoms with Gasteiger partial charge in [-0.3, -0.25) is 4.79 Å². The number of aromatic nitrogens is 1. The van der Waals surface area contributed by atoms with Crippen LogP contribution in [0.3, 0.4) is 0 Å². The molecule has 16 heavy (non-hydrogen) atoms. The van der Waals surface area contributed by atoms with Crippen LogP contribution in [0.15, 0.2) is 6.07 Å². The van der Waals surface area contributed by atoms with E-state index in [4.69, 9.17) is 23.2 Å². The van der Waals surface area contributed by atoms with Gasteiger partial charge in [0.15, 0.2) is 0 Å². The van der Waals surface area contributed by atoms with Crippen molar-refractivity contribution in [3.05, 3.63) is 27.5 Å². The molecule has 0 saturated carbocycles. The number of alkyl halides is 2. The summed E-state index contributed by atoms with van der Waals surface area (Å²) in [6.07, 6.45) is -3.21. The van der Waals surface area contributed by atoms with Gasteiger partial charge in [-0.15, -0.1) is 0 Å². The van der Waals surface area contributed by atoms with Crippen molar-refractivity contribution in [1.82, 2.24) is 4.98 Å². The smallest absolute Gasteiger partial charge is 0.310 e. The Kier molecular flexibility index (Phi) is 4.44. The average molecular weight is 270 g/mol. The first-order valence-electron chi connectivity index (χ1n) is 4.15. The molecule has 0 bridgehead atoms. The van der Waals surface area contributed by atoms with Gasteiger partial charge in [-0.25, -0.2) is 13.8 Å². The number of halogens is 4. The Morgan fingerprint density at radius 1 is 1.56 bits per heavy atom. The summed E-state index contributed by atoms with van der Waals surface area (Å²) < 4.78 is 29.6. The summed E-state index contributed by atoms with van der Waals surface area (Å²) in [4.78, 5) is 14.5. The second-order valence-corrected chi connectivity index (χ2v) is 3.64. The summed E-state index contributed by atoms with van der Waals surface area (Å²) >= 11 is 11.2. The highest BCUT2D eigenvalue weighted by Crippen LogP contribution is 2.29. The van der Waals surface area contributed by atoms with Crippen molar-refractivity contribution in [3.8, 4) is 0 Å². The van der Waals surface area contributed by atoms with Gasteiger partial charge in [-0.1, -0.05) is 23.2 Å². The van der Waals surface area contributed by atoms with Crippen molar-refractivity contribution < 1.29 is 18.3 Å². The Balaban J connectivity index is 3.19. The van der Waals surface area contributed by atoms with Crippen LogP contribution in [0.2, 0.25) is 10.2 Å². The molecule has 0 saturated heterocycles. The normalized spacial score (nSPS) is 10.6. The maximum atomic E-state index is 12.6. The minimum Gasteiger partial charge on any atom is -0.469 e. The molecule has 0 atom stereocenters. The number of esters is 1. The molecule has 1 heterocycles. The Morgan fingerprint density at radius 2 is 2.19 bits per heavy atom. The van der Waals surface area contributed by atoms with Gasteiger partial charge in [0.25, 0.3) is 6.43 Å². The van der Waals surface area contributed by atoms with Gasteiger partial charge in [0, 0.05) is 10.6 Å². The average Bonchev–Trinajstić information content (AvgIpc) is 2.20. The third-order valence-corrected chi connectivity index (χ3v) is 2.36. The van der Waals surface area contributed by atoms with Crippen molar-refractivity contribution in [2.45, 2.75) is 12.8 Å². The van der Waals surface area contributed by atoms with Crippen molar-refractivity contribution in [1.29, 1.82) is 0 Å². The summed E-state index contributed by atoms with van der Waals surface area (Å²) in [7, 11) is 1.15. The van der Waals surface area contributed by atoms with Gasteiger partial charge in [0.1, 0.15) is 10.8 Å². The molecule has 0 amide bonds. The maximum Gasteiger partial charge on any atom is 0.310 e. The predicted octanol–water partition coefficient (Wildman–Crippen LogP) is 3.04. The first-order chi connectivity index (χ1) is 7.45. The molecule has 1 aromatic rings. The number of rotatable bonds is 3. The van der Waals surface area contributed by atoms with Crippen molar-refractivity contribution in [2.75, 3.05) is 7.11 Å². The minimum absolute atomic E-state index is 0.0271. The van der Waals surface area contributed by atoms with E-state index < -0.39 is 18.1 Å². The topological polar surface area (TPSA) is 39.2 Å². The van der Waals surface area contributed by atoms with E-state index in [9.17, 15) is 13.6 Å². The van der Waals surface area contributed by atoms with E-state index in [1.165, 1.54) is 6.07 Å². The number of carbonyl (C=O) groups excluding carboxylic acids is 1. The van der Waals surface area contributed by atoms with Crippen molar-refractivity contribution in [3.63, 3.8) is 0 Å². The van der Waals surface area contributed by atoms with Crippen molar-refractivity contribution in [2.24, 2.45) is 0 Å². The van der Waals surface area contributed by atoms with Crippen molar-refractivity contribution >= 4 is 29.2 Å². The Labute approximate surface area is 100 Å². The number of methoxy groups -OCH3 is 1. The lowest BCUT2D eigenvalue weighted by Crippen LogP contribution is -2.09. The van der Waals surface area contributed by atoms with Crippen LogP contribution in [0, 0.1) is 0 Å². The fourth-order valence-electron chi connectivity index (χ4n) is 1.10. The van der Waals surface area contributed by atoms with Gasteiger partial charge >= 0.3 is 5.97 Å². The lowest BCUT2D eigenvalue weighted by molar-refractivity contribution is -0.139. The molecular formula is C9H7Cl2F2NO2. The lowest BCUT2D eigenvalue weighted by atomic mass is 10.1. The summed E-state index contributed by atoms with van der Waals surface area (Å²) in [5.74, 6) is -0.673. The fourth-order valence-corrected chi connectivity index (χ4v) is 1.62. The minimum atomic E-state index is -2.85. The summed E-state index contributed by atoms with van der Waals surface area (Å²) in [6.45, 7) is 0. The highest BCUT2D eigenvalue weighted by atomic mass is 35.5. The van der Waals surface area contributed by atoms with E-state index in [-0.39, 0.29) is 22.2 Å². The van der Waals surface area contributed by atoms with Crippen LogP contribution in [-0.2, 0) is 16.0 Å². The SMILES string of the molecule is COC(=O)Cc1c(Cl)cc(Cl)nc1C(F)F. The van der Waals surface area contributed by atoms with E-state index in [0.717, 1.165) is 7.11 Å². The standard InChI is InChI=1S/C9H7Cl2F2NO2/c1-16-7(15)2-4-5(10)3-6(11)14-8(4)9(12)13/h3,9H,2H2,1H3. The lowest BCUT2D eigenvalue weighted by Gasteiger charge is -2.09. The van der Waals surface area contributed by atoms with Crippen LogP contribution < -0.4 is 0 Å². The monoisotopic (exact) mass is 269 g/mol. The maximum absolute atomic E-state index is 12.6. The summed E-state index contributed by atoms with van der Waals surface area (Å²) in [6, 6.07) is 1.20. The highest BCUT2D eigenvalue weighted by Gasteiger charge is 2.21. The predicted molar refractivity (Wildman–Crippen MR) is 54.9 cm³/mol. The number of nitrogens with zero attached hydrogens (tertiary/aromatic N) is 1. The van der Waals surface area contributed by atoms with E-state index in [2.05, 4.69) is 9.72 Å². The second-order valence-electron chi connectivity index (χ2n) is 2.84. The van der Waals surface area contributed by atoms with Crippen LogP contribution >= 0.6 is 23.2 Å². The Morgan fingerprint density at radius 3 is 2.69 bits per heavy atom. The molecule has 0 aliphatic heterocycles. The molecule has 0 aliphatic rings. The van der Waals surface area contributed by atoms with Crippen LogP contribution in [-0.4, -0.2) is 18.1 Å². The molecule has 7 heteroatoms. The zero-order valence-electron chi connectivity index (χ0n) is 8.14. The quantitative estimate of drug-likeness (QED) is 0.626. The molecule has 88 valence electrons. The fraction of sp³-hybridized carbons (Fsp3) is 0.333. The van der Waals surface area contributed by atoms with Crippen LogP contribution in [0.25, 0.3) is 0 Å². The van der Waals surface area contributed by atoms with Gasteiger partial charge < -0.3 is 4.74 Å². The molecule has 3 nitrogen and oxygen atoms in total. The molecule has 0 radical (unpaired) electrons. The zero-order valence-corrected chi connectivity index (χ0v) is 9.65. The molecule has 0 unspecified atom stereocenters. The molecule has 0 N–H and O–H groups in total. The number of pyridine rings is 1. The third-order valence-electron chi connectivity index (χ3n) is 1.83. The van der Waals surface area contributed by atoms with E-state index >= 15 is 0 Å². The molecular weight excluding hydrogens is 263 g/mol.